The molecule has 2 aliphatic rings. The minimum Gasteiger partial charge on any atom is -0.370 e. The van der Waals surface area contributed by atoms with Crippen LogP contribution in [0.25, 0.3) is 0 Å². The Morgan fingerprint density at radius 3 is 2.79 bits per heavy atom. The highest BCUT2D eigenvalue weighted by Crippen LogP contribution is 2.20. The summed E-state index contributed by atoms with van der Waals surface area (Å²) in [6, 6.07) is 8.27. The summed E-state index contributed by atoms with van der Waals surface area (Å²) in [5.41, 5.74) is 7.57. The number of likely N-dealkylation sites (tertiary alicyclic amines) is 1. The third-order valence-electron chi connectivity index (χ3n) is 5.31. The van der Waals surface area contributed by atoms with Gasteiger partial charge >= 0.3 is 0 Å². The van der Waals surface area contributed by atoms with Gasteiger partial charge < -0.3 is 26.2 Å². The number of anilines is 1. The summed E-state index contributed by atoms with van der Waals surface area (Å²) in [6.07, 6.45) is 2.51. The van der Waals surface area contributed by atoms with Gasteiger partial charge in [0.1, 0.15) is 0 Å². The molecule has 2 heterocycles. The maximum atomic E-state index is 11.6. The summed E-state index contributed by atoms with van der Waals surface area (Å²) in [7, 11) is 1.78. The van der Waals surface area contributed by atoms with Crippen molar-refractivity contribution in [3.8, 4) is 0 Å². The van der Waals surface area contributed by atoms with E-state index in [1.165, 1.54) is 0 Å². The number of guanidine groups is 1. The first-order chi connectivity index (χ1) is 13.5. The number of hydrogen-bond donors (Lipinski definition) is 3. The van der Waals surface area contributed by atoms with E-state index in [1.807, 2.05) is 0 Å². The van der Waals surface area contributed by atoms with E-state index in [1.54, 1.807) is 7.05 Å². The summed E-state index contributed by atoms with van der Waals surface area (Å²) < 4.78 is 0. The molecule has 1 unspecified atom stereocenters. The number of piperidine rings is 1. The number of nitrogens with two attached hydrogens (primary N) is 1. The first kappa shape index (κ1) is 20.0. The quantitative estimate of drug-likeness (QED) is 0.498. The monoisotopic (exact) mass is 386 g/mol. The number of aliphatic imine (C=N–C) groups is 1. The van der Waals surface area contributed by atoms with Gasteiger partial charge in [0, 0.05) is 51.9 Å². The first-order valence-corrected chi connectivity index (χ1v) is 9.89. The normalized spacial score (nSPS) is 20.7. The van der Waals surface area contributed by atoms with E-state index < -0.39 is 0 Å². The van der Waals surface area contributed by atoms with Crippen LogP contribution in [0.2, 0.25) is 0 Å². The Morgan fingerprint density at radius 1 is 1.32 bits per heavy atom. The second-order valence-electron chi connectivity index (χ2n) is 7.46. The number of nitrogens with zero attached hydrogens (tertiary/aromatic N) is 3. The van der Waals surface area contributed by atoms with Gasteiger partial charge in [-0.15, -0.1) is 0 Å². The lowest BCUT2D eigenvalue weighted by Gasteiger charge is -2.34. The molecule has 0 saturated carbocycles. The number of nitrogens with one attached hydrogen (secondary N) is 2. The van der Waals surface area contributed by atoms with Crippen molar-refractivity contribution in [3.63, 3.8) is 0 Å². The average Bonchev–Trinajstić information content (AvgIpc) is 2.69. The predicted octanol–water partition coefficient (Wildman–Crippen LogP) is 0.286. The molecule has 0 aliphatic carbocycles. The number of piperazine rings is 1. The maximum absolute atomic E-state index is 11.6. The van der Waals surface area contributed by atoms with Crippen LogP contribution < -0.4 is 21.3 Å². The zero-order chi connectivity index (χ0) is 19.9. The Morgan fingerprint density at radius 2 is 2.11 bits per heavy atom. The highest BCUT2D eigenvalue weighted by atomic mass is 16.2. The number of rotatable bonds is 5. The molecule has 4 N–H and O–H groups in total. The molecule has 0 spiro atoms. The Labute approximate surface area is 166 Å². The minimum atomic E-state index is -0.235. The minimum absolute atomic E-state index is 0.0666. The van der Waals surface area contributed by atoms with Gasteiger partial charge in [0.25, 0.3) is 0 Å². The van der Waals surface area contributed by atoms with Crippen LogP contribution in [0.1, 0.15) is 24.8 Å². The molecule has 0 radical (unpaired) electrons. The van der Waals surface area contributed by atoms with Crippen molar-refractivity contribution in [2.75, 3.05) is 44.7 Å². The van der Waals surface area contributed by atoms with Gasteiger partial charge in [0.05, 0.1) is 6.54 Å². The lowest BCUT2D eigenvalue weighted by atomic mass is 9.95. The summed E-state index contributed by atoms with van der Waals surface area (Å²) in [5, 5.41) is 6.26. The third-order valence-corrected chi connectivity index (χ3v) is 5.31. The topological polar surface area (TPSA) is 103 Å². The van der Waals surface area contributed by atoms with Crippen molar-refractivity contribution in [1.82, 2.24) is 15.5 Å². The van der Waals surface area contributed by atoms with Crippen LogP contribution in [0, 0.1) is 5.92 Å². The van der Waals surface area contributed by atoms with Crippen molar-refractivity contribution in [1.29, 1.82) is 0 Å². The van der Waals surface area contributed by atoms with Crippen LogP contribution in [-0.4, -0.2) is 62.4 Å². The predicted molar refractivity (Wildman–Crippen MR) is 110 cm³/mol. The van der Waals surface area contributed by atoms with E-state index in [0.29, 0.717) is 32.0 Å². The molecular weight excluding hydrogens is 356 g/mol. The number of carbonyl (C=O) groups excluding carboxylic acids is 2. The Hall–Kier alpha value is -2.77. The summed E-state index contributed by atoms with van der Waals surface area (Å²) >= 11 is 0. The molecule has 1 aromatic carbocycles. The summed E-state index contributed by atoms with van der Waals surface area (Å²) in [4.78, 5) is 31.5. The number of benzene rings is 1. The number of primary amides is 1. The largest absolute Gasteiger partial charge is 0.370 e. The molecule has 3 rings (SSSR count). The molecule has 2 aliphatic heterocycles. The maximum Gasteiger partial charge on any atom is 0.239 e. The van der Waals surface area contributed by atoms with Gasteiger partial charge in [-0.1, -0.05) is 12.1 Å². The Bertz CT molecular complexity index is 718. The fourth-order valence-corrected chi connectivity index (χ4v) is 3.91. The molecule has 2 saturated heterocycles. The van der Waals surface area contributed by atoms with Crippen LogP contribution in [0.3, 0.4) is 0 Å². The molecule has 28 heavy (non-hydrogen) atoms. The lowest BCUT2D eigenvalue weighted by molar-refractivity contribution is -0.120. The van der Waals surface area contributed by atoms with E-state index in [4.69, 9.17) is 5.73 Å². The molecule has 2 fully saturated rings. The van der Waals surface area contributed by atoms with Crippen LogP contribution >= 0.6 is 0 Å². The van der Waals surface area contributed by atoms with Crippen molar-refractivity contribution in [2.24, 2.45) is 16.6 Å². The Balaban J connectivity index is 1.53. The van der Waals surface area contributed by atoms with E-state index in [9.17, 15) is 9.59 Å². The van der Waals surface area contributed by atoms with Gasteiger partial charge in [-0.05, 0) is 36.5 Å². The highest BCUT2D eigenvalue weighted by Gasteiger charge is 2.23. The second kappa shape index (κ2) is 9.43. The number of amides is 2. The zero-order valence-electron chi connectivity index (χ0n) is 16.5. The van der Waals surface area contributed by atoms with Crippen LogP contribution in [0.4, 0.5) is 5.69 Å². The Kier molecular flexibility index (Phi) is 6.73. The fraction of sp³-hybridized carbons (Fsp3) is 0.550. The lowest BCUT2D eigenvalue weighted by Crippen LogP contribution is -2.47. The summed E-state index contributed by atoms with van der Waals surface area (Å²) in [6.45, 7) is 4.34. The zero-order valence-corrected chi connectivity index (χ0v) is 16.5. The summed E-state index contributed by atoms with van der Waals surface area (Å²) in [5.74, 6) is 0.981. The van der Waals surface area contributed by atoms with E-state index in [2.05, 4.69) is 49.7 Å². The van der Waals surface area contributed by atoms with Gasteiger partial charge in [0.2, 0.25) is 11.8 Å². The highest BCUT2D eigenvalue weighted by molar-refractivity contribution is 5.82. The molecule has 0 bridgehead atoms. The van der Waals surface area contributed by atoms with Crippen LogP contribution in [-0.2, 0) is 16.1 Å². The first-order valence-electron chi connectivity index (χ1n) is 9.89. The molecule has 8 heteroatoms. The van der Waals surface area contributed by atoms with Gasteiger partial charge in [0.15, 0.2) is 5.96 Å². The smallest absolute Gasteiger partial charge is 0.239 e. The molecule has 1 atom stereocenters. The van der Waals surface area contributed by atoms with Crippen molar-refractivity contribution in [2.45, 2.75) is 25.8 Å². The third kappa shape index (κ3) is 5.37. The van der Waals surface area contributed by atoms with Crippen molar-refractivity contribution in [3.05, 3.63) is 29.8 Å². The van der Waals surface area contributed by atoms with Gasteiger partial charge in [-0.3, -0.25) is 14.6 Å². The standard InChI is InChI=1S/C20H30N6O2/c1-22-20(26-9-2-3-16(13-26)11-18(21)27)24-12-15-4-6-17(7-5-15)25-10-8-23-19(28)14-25/h4-7,16H,2-3,8-14H2,1H3,(H2,21,27)(H,22,24)(H,23,28). The van der Waals surface area contributed by atoms with Crippen LogP contribution in [0.5, 0.6) is 0 Å². The van der Waals surface area contributed by atoms with Gasteiger partial charge in [-0.25, -0.2) is 0 Å². The van der Waals surface area contributed by atoms with E-state index >= 15 is 0 Å². The number of hydrogen-bond acceptors (Lipinski definition) is 4. The van der Waals surface area contributed by atoms with E-state index in [0.717, 1.165) is 49.7 Å². The molecule has 2 amide bonds. The van der Waals surface area contributed by atoms with Gasteiger partial charge in [-0.2, -0.15) is 0 Å². The SMILES string of the molecule is CN=C(NCc1ccc(N2CCNC(=O)C2)cc1)N1CCCC(CC(N)=O)C1. The molecule has 0 aromatic heterocycles. The van der Waals surface area contributed by atoms with Crippen molar-refractivity contribution >= 4 is 23.5 Å². The second-order valence-corrected chi connectivity index (χ2v) is 7.46. The molecular formula is C20H30N6O2. The number of carbonyl (C=O) groups is 2. The van der Waals surface area contributed by atoms with E-state index in [-0.39, 0.29) is 11.8 Å². The molecule has 152 valence electrons. The molecule has 8 nitrogen and oxygen atoms in total. The average molecular weight is 387 g/mol. The van der Waals surface area contributed by atoms with Crippen LogP contribution in [0.15, 0.2) is 29.3 Å². The van der Waals surface area contributed by atoms with Crippen molar-refractivity contribution < 1.29 is 9.59 Å². The fourth-order valence-electron chi connectivity index (χ4n) is 3.91. The molecule has 1 aromatic rings.